The minimum absolute atomic E-state index is 0.105. The van der Waals surface area contributed by atoms with Gasteiger partial charge >= 0.3 is 11.9 Å². The molecule has 11 nitrogen and oxygen atoms in total. The second-order valence-corrected chi connectivity index (χ2v) is 18.3. The van der Waals surface area contributed by atoms with Crippen LogP contribution in [0.15, 0.2) is 162 Å². The first-order valence-corrected chi connectivity index (χ1v) is 23.0. The van der Waals surface area contributed by atoms with Gasteiger partial charge in [-0.05, 0) is 48.6 Å². The maximum Gasteiger partial charge on any atom is 0.348 e. The van der Waals surface area contributed by atoms with Crippen molar-refractivity contribution in [2.45, 2.75) is 96.2 Å². The Morgan fingerprint density at radius 3 is 1.57 bits per heavy atom. The molecule has 1 spiro atoms. The lowest BCUT2D eigenvalue weighted by atomic mass is 9.91. The Labute approximate surface area is 385 Å². The van der Waals surface area contributed by atoms with Crippen LogP contribution in [-0.2, 0) is 85.3 Å². The van der Waals surface area contributed by atoms with Crippen LogP contribution in [0, 0.1) is 5.41 Å². The second kappa shape index (κ2) is 21.8. The number of ether oxygens (including phenoxy) is 9. The van der Waals surface area contributed by atoms with E-state index in [1.165, 1.54) is 11.8 Å². The summed E-state index contributed by atoms with van der Waals surface area (Å²) < 4.78 is 60.4. The summed E-state index contributed by atoms with van der Waals surface area (Å²) in [6.07, 6.45) is -5.27. The molecule has 0 aliphatic carbocycles. The van der Waals surface area contributed by atoms with E-state index in [0.29, 0.717) is 6.61 Å². The van der Waals surface area contributed by atoms with Crippen molar-refractivity contribution < 1.29 is 52.2 Å². The topological polar surface area (TPSA) is 117 Å². The van der Waals surface area contributed by atoms with Crippen LogP contribution in [0.1, 0.15) is 48.6 Å². The first kappa shape index (κ1) is 46.2. The number of benzene rings is 5. The molecule has 0 amide bonds. The van der Waals surface area contributed by atoms with Gasteiger partial charge in [-0.1, -0.05) is 152 Å². The lowest BCUT2D eigenvalue weighted by Crippen LogP contribution is -2.70. The minimum Gasteiger partial charge on any atom is -0.461 e. The molecular formula is C53H56O11S. The molecule has 65 heavy (non-hydrogen) atoms. The predicted molar refractivity (Wildman–Crippen MR) is 245 cm³/mol. The Morgan fingerprint density at radius 2 is 1.06 bits per heavy atom. The lowest BCUT2D eigenvalue weighted by Gasteiger charge is -2.54. The number of carbonyl (C=O) groups excluding carboxylic acids is 2. The van der Waals surface area contributed by atoms with Crippen molar-refractivity contribution in [2.24, 2.45) is 5.41 Å². The third kappa shape index (κ3) is 11.9. The fourth-order valence-corrected chi connectivity index (χ4v) is 8.93. The van der Waals surface area contributed by atoms with Gasteiger partial charge in [0.1, 0.15) is 29.8 Å². The third-order valence-electron chi connectivity index (χ3n) is 11.2. The standard InChI is InChI=1S/C53H56O11S/c1-52(2,3)51(55)61-35-42-44(57-30-38-21-11-5-12-22-38)46-48(50(54)62-42)65-36-53(64-46)49(60-33-41-27-17-8-18-28-41)47(59-32-40-25-15-7-16-26-40)45(58-31-39-23-13-6-14-24-39)43(63-53)34-56-29-37-19-9-4-10-20-37/h4-28,42-45,47,49H,29-36H2,1-3H3/t42-,43+,44-,45+,47-,49+,53?/m1/s1. The summed E-state index contributed by atoms with van der Waals surface area (Å²) in [5.41, 5.74) is 3.93. The van der Waals surface area contributed by atoms with E-state index in [0.717, 1.165) is 27.8 Å². The van der Waals surface area contributed by atoms with Crippen molar-refractivity contribution in [1.82, 2.24) is 0 Å². The molecule has 7 atom stereocenters. The SMILES string of the molecule is CC(C)(C)C(=O)OC[C@H]1OC(=O)C2=C(OC3(CS2)O[C@@H](COCc2ccccc2)[C@H](OCc2ccccc2)[C@@H](OCc2ccccc2)[C@@H]3OCc2ccccc2)[C@@H]1OCc1ccccc1. The zero-order chi connectivity index (χ0) is 45.1. The Bertz CT molecular complexity index is 2310. The van der Waals surface area contributed by atoms with E-state index in [9.17, 15) is 9.59 Å². The first-order chi connectivity index (χ1) is 31.6. The summed E-state index contributed by atoms with van der Waals surface area (Å²) in [5.74, 6) is -2.34. The maximum absolute atomic E-state index is 14.0. The van der Waals surface area contributed by atoms with E-state index >= 15 is 0 Å². The van der Waals surface area contributed by atoms with Gasteiger partial charge in [-0.3, -0.25) is 4.79 Å². The third-order valence-corrected chi connectivity index (χ3v) is 12.4. The molecule has 3 heterocycles. The Morgan fingerprint density at radius 1 is 0.600 bits per heavy atom. The number of thioether (sulfide) groups is 1. The predicted octanol–water partition coefficient (Wildman–Crippen LogP) is 9.13. The van der Waals surface area contributed by atoms with Crippen molar-refractivity contribution in [1.29, 1.82) is 0 Å². The highest BCUT2D eigenvalue weighted by Crippen LogP contribution is 2.49. The van der Waals surface area contributed by atoms with Crippen LogP contribution < -0.4 is 0 Å². The van der Waals surface area contributed by atoms with E-state index in [1.54, 1.807) is 20.8 Å². The van der Waals surface area contributed by atoms with Gasteiger partial charge in [0.05, 0.1) is 50.8 Å². The van der Waals surface area contributed by atoms with Crippen molar-refractivity contribution in [3.05, 3.63) is 190 Å². The number of esters is 2. The van der Waals surface area contributed by atoms with E-state index in [1.807, 2.05) is 152 Å². The average molecular weight is 901 g/mol. The summed E-state index contributed by atoms with van der Waals surface area (Å²) in [6, 6.07) is 49.3. The normalized spacial score (nSPS) is 24.2. The van der Waals surface area contributed by atoms with Crippen LogP contribution in [-0.4, -0.2) is 73.3 Å². The number of hydrogen-bond donors (Lipinski definition) is 0. The molecule has 1 unspecified atom stereocenters. The van der Waals surface area contributed by atoms with Crippen molar-refractivity contribution >= 4 is 23.7 Å². The molecule has 5 aromatic carbocycles. The molecule has 8 rings (SSSR count). The molecule has 1 fully saturated rings. The maximum atomic E-state index is 14.0. The molecule has 0 saturated carbocycles. The summed E-state index contributed by atoms with van der Waals surface area (Å²) >= 11 is 1.24. The van der Waals surface area contributed by atoms with Crippen LogP contribution in [0.2, 0.25) is 0 Å². The summed E-state index contributed by atoms with van der Waals surface area (Å²) in [5, 5.41) is 0. The molecule has 12 heteroatoms. The van der Waals surface area contributed by atoms with Crippen LogP contribution in [0.25, 0.3) is 0 Å². The summed E-state index contributed by atoms with van der Waals surface area (Å²) in [6.45, 7) is 6.28. The monoisotopic (exact) mass is 900 g/mol. The molecule has 340 valence electrons. The minimum atomic E-state index is -1.59. The largest absolute Gasteiger partial charge is 0.461 e. The molecule has 0 radical (unpaired) electrons. The molecule has 0 N–H and O–H groups in total. The van der Waals surface area contributed by atoms with Crippen LogP contribution in [0.3, 0.4) is 0 Å². The highest BCUT2D eigenvalue weighted by Gasteiger charge is 2.62. The Kier molecular flexibility index (Phi) is 15.5. The van der Waals surface area contributed by atoms with E-state index in [-0.39, 0.29) is 56.1 Å². The van der Waals surface area contributed by atoms with Crippen LogP contribution >= 0.6 is 11.8 Å². The Balaban J connectivity index is 1.19. The quantitative estimate of drug-likeness (QED) is 0.0781. The fourth-order valence-electron chi connectivity index (χ4n) is 7.83. The average Bonchev–Trinajstić information content (AvgIpc) is 3.33. The molecule has 3 aliphatic rings. The van der Waals surface area contributed by atoms with Gasteiger partial charge in [0, 0.05) is 0 Å². The van der Waals surface area contributed by atoms with Crippen molar-refractivity contribution in [3.8, 4) is 0 Å². The lowest BCUT2D eigenvalue weighted by molar-refractivity contribution is -0.369. The van der Waals surface area contributed by atoms with Gasteiger partial charge in [-0.25, -0.2) is 4.79 Å². The second-order valence-electron chi connectivity index (χ2n) is 17.3. The highest BCUT2D eigenvalue weighted by atomic mass is 32.2. The zero-order valence-corrected chi connectivity index (χ0v) is 37.8. The summed E-state index contributed by atoms with van der Waals surface area (Å²) in [4.78, 5) is 27.3. The van der Waals surface area contributed by atoms with Crippen LogP contribution in [0.5, 0.6) is 0 Å². The zero-order valence-electron chi connectivity index (χ0n) is 37.0. The Hall–Kier alpha value is -5.31. The van der Waals surface area contributed by atoms with Gasteiger partial charge in [-0.15, -0.1) is 11.8 Å². The van der Waals surface area contributed by atoms with Crippen molar-refractivity contribution in [3.63, 3.8) is 0 Å². The van der Waals surface area contributed by atoms with Gasteiger partial charge < -0.3 is 42.6 Å². The van der Waals surface area contributed by atoms with Gasteiger partial charge in [0.2, 0.25) is 5.79 Å². The van der Waals surface area contributed by atoms with Gasteiger partial charge in [-0.2, -0.15) is 0 Å². The first-order valence-electron chi connectivity index (χ1n) is 22.0. The molecule has 1 saturated heterocycles. The molecule has 0 aromatic heterocycles. The molecule has 0 bridgehead atoms. The smallest absolute Gasteiger partial charge is 0.348 e. The number of hydrogen-bond acceptors (Lipinski definition) is 12. The molecule has 3 aliphatic heterocycles. The van der Waals surface area contributed by atoms with E-state index in [2.05, 4.69) is 0 Å². The molecule has 5 aromatic rings. The van der Waals surface area contributed by atoms with Crippen LogP contribution in [0.4, 0.5) is 0 Å². The fraction of sp³-hybridized carbons (Fsp3) is 0.358. The number of rotatable bonds is 18. The molecular weight excluding hydrogens is 845 g/mol. The highest BCUT2D eigenvalue weighted by molar-refractivity contribution is 8.04. The van der Waals surface area contributed by atoms with Crippen molar-refractivity contribution in [2.75, 3.05) is 19.0 Å². The summed E-state index contributed by atoms with van der Waals surface area (Å²) in [7, 11) is 0. The van der Waals surface area contributed by atoms with Gasteiger partial charge in [0.15, 0.2) is 24.1 Å². The number of cyclic esters (lactones) is 1. The van der Waals surface area contributed by atoms with Gasteiger partial charge in [0.25, 0.3) is 0 Å². The number of carbonyl (C=O) groups is 2. The van der Waals surface area contributed by atoms with E-state index in [4.69, 9.17) is 42.6 Å². The van der Waals surface area contributed by atoms with E-state index < -0.39 is 59.8 Å².